The van der Waals surface area contributed by atoms with Gasteiger partial charge < -0.3 is 19.1 Å². The Kier molecular flexibility index (Phi) is 5.27. The van der Waals surface area contributed by atoms with E-state index in [1.807, 2.05) is 18.6 Å². The first-order valence-corrected chi connectivity index (χ1v) is 10.8. The van der Waals surface area contributed by atoms with E-state index in [-0.39, 0.29) is 0 Å². The number of ether oxygens (including phenoxy) is 1. The van der Waals surface area contributed by atoms with Crippen molar-refractivity contribution in [1.29, 1.82) is 0 Å². The van der Waals surface area contributed by atoms with E-state index in [1.54, 1.807) is 0 Å². The predicted octanol–water partition coefficient (Wildman–Crippen LogP) is 2.76. The number of imidazole rings is 1. The quantitative estimate of drug-likeness (QED) is 0.793. The van der Waals surface area contributed by atoms with Crippen molar-refractivity contribution in [2.75, 3.05) is 44.2 Å². The minimum absolute atomic E-state index is 0.451. The third-order valence-electron chi connectivity index (χ3n) is 6.39. The zero-order valence-corrected chi connectivity index (χ0v) is 16.5. The average Bonchev–Trinajstić information content (AvgIpc) is 3.51. The Hall–Kier alpha value is -1.99. The van der Waals surface area contributed by atoms with E-state index in [4.69, 9.17) is 4.74 Å². The number of piperidine rings is 1. The molecule has 0 bridgehead atoms. The maximum absolute atomic E-state index is 5.80. The van der Waals surface area contributed by atoms with Gasteiger partial charge in [-0.05, 0) is 38.5 Å². The summed E-state index contributed by atoms with van der Waals surface area (Å²) in [7, 11) is 0. The van der Waals surface area contributed by atoms with Gasteiger partial charge in [-0.25, -0.2) is 15.0 Å². The molecule has 0 aliphatic carbocycles. The van der Waals surface area contributed by atoms with Crippen LogP contribution in [0.25, 0.3) is 11.4 Å². The van der Waals surface area contributed by atoms with Gasteiger partial charge in [0.05, 0.1) is 11.7 Å². The minimum Gasteiger partial charge on any atom is -0.377 e. The van der Waals surface area contributed by atoms with Crippen molar-refractivity contribution in [1.82, 2.24) is 24.4 Å². The molecule has 3 aliphatic rings. The van der Waals surface area contributed by atoms with Gasteiger partial charge >= 0.3 is 0 Å². The molecule has 3 aliphatic heterocycles. The van der Waals surface area contributed by atoms with Gasteiger partial charge in [0.15, 0.2) is 0 Å². The first-order valence-electron chi connectivity index (χ1n) is 10.8. The molecule has 7 heteroatoms. The molecule has 5 heterocycles. The van der Waals surface area contributed by atoms with Crippen molar-refractivity contribution in [3.8, 4) is 11.4 Å². The molecule has 28 heavy (non-hydrogen) atoms. The molecule has 0 saturated carbocycles. The maximum atomic E-state index is 5.80. The highest BCUT2D eigenvalue weighted by Crippen LogP contribution is 2.29. The molecule has 0 amide bonds. The van der Waals surface area contributed by atoms with E-state index >= 15 is 0 Å². The Labute approximate surface area is 166 Å². The van der Waals surface area contributed by atoms with E-state index in [0.717, 1.165) is 69.5 Å². The van der Waals surface area contributed by atoms with Crippen LogP contribution < -0.4 is 4.90 Å². The number of anilines is 1. The van der Waals surface area contributed by atoms with Crippen LogP contribution in [0, 0.1) is 0 Å². The van der Waals surface area contributed by atoms with Gasteiger partial charge in [-0.2, -0.15) is 0 Å². The summed E-state index contributed by atoms with van der Waals surface area (Å²) in [5, 5.41) is 0. The van der Waals surface area contributed by atoms with Gasteiger partial charge in [-0.15, -0.1) is 0 Å². The molecule has 3 saturated heterocycles. The van der Waals surface area contributed by atoms with Crippen molar-refractivity contribution in [3.63, 3.8) is 0 Å². The van der Waals surface area contributed by atoms with Crippen LogP contribution in [-0.4, -0.2) is 69.9 Å². The molecule has 5 rings (SSSR count). The molecule has 0 radical (unpaired) electrons. The Morgan fingerprint density at radius 2 is 1.71 bits per heavy atom. The van der Waals surface area contributed by atoms with Crippen LogP contribution in [0.15, 0.2) is 24.8 Å². The third kappa shape index (κ3) is 3.78. The maximum Gasteiger partial charge on any atom is 0.225 e. The van der Waals surface area contributed by atoms with Crippen molar-refractivity contribution >= 4 is 5.95 Å². The molecular formula is C21H30N6O. The smallest absolute Gasteiger partial charge is 0.225 e. The molecule has 0 N–H and O–H groups in total. The fourth-order valence-corrected chi connectivity index (χ4v) is 4.80. The summed E-state index contributed by atoms with van der Waals surface area (Å²) in [5.41, 5.74) is 1.01. The molecule has 7 nitrogen and oxygen atoms in total. The van der Waals surface area contributed by atoms with Crippen LogP contribution in [0.3, 0.4) is 0 Å². The molecule has 2 aromatic rings. The zero-order chi connectivity index (χ0) is 18.8. The fraction of sp³-hybridized carbons (Fsp3) is 0.667. The summed E-state index contributed by atoms with van der Waals surface area (Å²) in [6, 6.07) is 0.497. The van der Waals surface area contributed by atoms with Crippen molar-refractivity contribution in [2.45, 2.75) is 50.7 Å². The highest BCUT2D eigenvalue weighted by atomic mass is 16.5. The van der Waals surface area contributed by atoms with Gasteiger partial charge in [0.25, 0.3) is 0 Å². The number of hydrogen-bond donors (Lipinski definition) is 0. The van der Waals surface area contributed by atoms with Crippen LogP contribution in [0.5, 0.6) is 0 Å². The highest BCUT2D eigenvalue weighted by molar-refractivity contribution is 5.54. The predicted molar refractivity (Wildman–Crippen MR) is 108 cm³/mol. The molecule has 150 valence electrons. The molecular weight excluding hydrogens is 352 g/mol. The topological polar surface area (TPSA) is 59.3 Å². The zero-order valence-electron chi connectivity index (χ0n) is 16.5. The fourth-order valence-electron chi connectivity index (χ4n) is 4.80. The first kappa shape index (κ1) is 18.1. The summed E-state index contributed by atoms with van der Waals surface area (Å²) >= 11 is 0. The van der Waals surface area contributed by atoms with E-state index in [1.165, 1.54) is 25.7 Å². The Morgan fingerprint density at radius 3 is 2.43 bits per heavy atom. The second-order valence-corrected chi connectivity index (χ2v) is 8.29. The van der Waals surface area contributed by atoms with E-state index < -0.39 is 0 Å². The molecule has 0 unspecified atom stereocenters. The standard InChI is InChI=1S/C21H30N6O/c1-2-9-26(8-1)21-23-14-17(15-24-21)20-22-7-12-27(20)18-5-10-25(11-6-18)16-19-4-3-13-28-19/h7,12,14-15,18-19H,1-6,8-11,13,16H2/t19-/m1/s1. The van der Waals surface area contributed by atoms with Crippen LogP contribution in [0.2, 0.25) is 0 Å². The summed E-state index contributed by atoms with van der Waals surface area (Å²) in [4.78, 5) is 18.7. The van der Waals surface area contributed by atoms with Crippen LogP contribution in [-0.2, 0) is 4.74 Å². The summed E-state index contributed by atoms with van der Waals surface area (Å²) in [5.74, 6) is 1.84. The van der Waals surface area contributed by atoms with E-state index in [2.05, 4.69) is 35.5 Å². The minimum atomic E-state index is 0.451. The molecule has 1 atom stereocenters. The number of likely N-dealkylation sites (tertiary alicyclic amines) is 1. The lowest BCUT2D eigenvalue weighted by molar-refractivity contribution is 0.0608. The highest BCUT2D eigenvalue weighted by Gasteiger charge is 2.26. The second-order valence-electron chi connectivity index (χ2n) is 8.29. The average molecular weight is 383 g/mol. The molecule has 3 fully saturated rings. The Bertz CT molecular complexity index is 755. The van der Waals surface area contributed by atoms with Gasteiger partial charge in [0.2, 0.25) is 5.95 Å². The largest absolute Gasteiger partial charge is 0.377 e. The van der Waals surface area contributed by atoms with Crippen LogP contribution >= 0.6 is 0 Å². The van der Waals surface area contributed by atoms with Gasteiger partial charge in [0.1, 0.15) is 5.82 Å². The SMILES string of the molecule is c1cn(C2CCN(C[C@H]3CCCO3)CC2)c(-c2cnc(N3CCCC3)nc2)n1. The third-order valence-corrected chi connectivity index (χ3v) is 6.39. The van der Waals surface area contributed by atoms with Gasteiger partial charge in [-0.3, -0.25) is 0 Å². The van der Waals surface area contributed by atoms with E-state index in [0.29, 0.717) is 12.1 Å². The van der Waals surface area contributed by atoms with Crippen molar-refractivity contribution in [3.05, 3.63) is 24.8 Å². The monoisotopic (exact) mass is 382 g/mol. The molecule has 0 spiro atoms. The number of hydrogen-bond acceptors (Lipinski definition) is 6. The van der Waals surface area contributed by atoms with Crippen LogP contribution in [0.4, 0.5) is 5.95 Å². The Balaban J connectivity index is 1.23. The van der Waals surface area contributed by atoms with Gasteiger partial charge in [-0.1, -0.05) is 0 Å². The van der Waals surface area contributed by atoms with E-state index in [9.17, 15) is 0 Å². The number of nitrogens with zero attached hydrogens (tertiary/aromatic N) is 6. The first-order chi connectivity index (χ1) is 13.9. The number of rotatable bonds is 5. The lowest BCUT2D eigenvalue weighted by Gasteiger charge is -2.34. The summed E-state index contributed by atoms with van der Waals surface area (Å²) < 4.78 is 8.13. The Morgan fingerprint density at radius 1 is 0.929 bits per heavy atom. The lowest BCUT2D eigenvalue weighted by Crippen LogP contribution is -2.39. The van der Waals surface area contributed by atoms with Crippen molar-refractivity contribution in [2.24, 2.45) is 0 Å². The lowest BCUT2D eigenvalue weighted by atomic mass is 10.0. The molecule has 0 aromatic carbocycles. The second kappa shape index (κ2) is 8.17. The van der Waals surface area contributed by atoms with Crippen LogP contribution in [0.1, 0.15) is 44.6 Å². The summed E-state index contributed by atoms with van der Waals surface area (Å²) in [6.45, 7) is 6.43. The van der Waals surface area contributed by atoms with Gasteiger partial charge in [0, 0.05) is 70.2 Å². The normalized spacial score (nSPS) is 24.3. The van der Waals surface area contributed by atoms with Crippen molar-refractivity contribution < 1.29 is 4.74 Å². The summed E-state index contributed by atoms with van der Waals surface area (Å²) in [6.07, 6.45) is 15.6. The molecule has 2 aromatic heterocycles. The number of aromatic nitrogens is 4.